The fourth-order valence-electron chi connectivity index (χ4n) is 2.71. The molecule has 0 bridgehead atoms. The molecule has 0 aliphatic rings. The Morgan fingerprint density at radius 2 is 0.739 bits per heavy atom. The Morgan fingerprint density at radius 1 is 0.500 bits per heavy atom. The Kier molecular flexibility index (Phi) is 10.9. The first-order chi connectivity index (χ1) is 19.6. The molecule has 1 N–H and O–H groups in total. The zero-order chi connectivity index (χ0) is 38.0. The minimum absolute atomic E-state index is 0.147. The summed E-state index contributed by atoms with van der Waals surface area (Å²) >= 11 is 0. The van der Waals surface area contributed by atoms with Gasteiger partial charge in [0.25, 0.3) is 0 Å². The van der Waals surface area contributed by atoms with Gasteiger partial charge in [0, 0.05) is 12.5 Å². The predicted octanol–water partition coefficient (Wildman–Crippen LogP) is 8.02. The number of alkyl halides is 25. The van der Waals surface area contributed by atoms with E-state index in [9.17, 15) is 115 Å². The Morgan fingerprint density at radius 3 is 0.978 bits per heavy atom. The van der Waals surface area contributed by atoms with Crippen LogP contribution in [0.15, 0.2) is 12.7 Å². The predicted molar refractivity (Wildman–Crippen MR) is 92.3 cm³/mol. The van der Waals surface area contributed by atoms with Gasteiger partial charge in [-0.15, -0.1) is 0 Å². The van der Waals surface area contributed by atoms with E-state index >= 15 is 0 Å². The highest BCUT2D eigenvalue weighted by atomic mass is 19.4. The molecule has 0 amide bonds. The van der Waals surface area contributed by atoms with Crippen LogP contribution in [0.25, 0.3) is 0 Å². The molecule has 0 heterocycles. The standard InChI is InChI=1S/C18H9F25O3/c1-2-6(45)46-4-5(44)3-7(19,20)8(21,22)9(23,24)10(25,26)11(27,28)12(29,30)13(31,32)14(33,34)15(35,36)16(37,38)17(39,40)18(41,42)43/h2,5,44H,1,3-4H2. The van der Waals surface area contributed by atoms with E-state index in [2.05, 4.69) is 11.3 Å². The van der Waals surface area contributed by atoms with Crippen molar-refractivity contribution in [3.63, 3.8) is 0 Å². The summed E-state index contributed by atoms with van der Waals surface area (Å²) in [6.45, 7) is 0.664. The fourth-order valence-corrected chi connectivity index (χ4v) is 2.71. The van der Waals surface area contributed by atoms with Crippen LogP contribution in [0, 0.1) is 0 Å². The van der Waals surface area contributed by atoms with Gasteiger partial charge in [0.05, 0.1) is 6.10 Å². The van der Waals surface area contributed by atoms with E-state index in [1.807, 2.05) is 0 Å². The first kappa shape index (κ1) is 43.4. The maximum atomic E-state index is 13.8. The third-order valence-corrected chi connectivity index (χ3v) is 5.44. The molecular formula is C18H9F25O3. The number of rotatable bonds is 15. The van der Waals surface area contributed by atoms with Crippen LogP contribution in [0.4, 0.5) is 110 Å². The van der Waals surface area contributed by atoms with E-state index in [0.717, 1.165) is 0 Å². The van der Waals surface area contributed by atoms with Crippen LogP contribution in [0.3, 0.4) is 0 Å². The molecule has 0 radical (unpaired) electrons. The number of hydrogen-bond acceptors (Lipinski definition) is 3. The Balaban J connectivity index is 7.12. The van der Waals surface area contributed by atoms with Crippen LogP contribution in [-0.2, 0) is 9.53 Å². The first-order valence-electron chi connectivity index (χ1n) is 10.3. The van der Waals surface area contributed by atoms with Crippen LogP contribution >= 0.6 is 0 Å². The van der Waals surface area contributed by atoms with Crippen molar-refractivity contribution in [3.05, 3.63) is 12.7 Å². The smallest absolute Gasteiger partial charge is 0.460 e. The van der Waals surface area contributed by atoms with E-state index in [1.165, 1.54) is 0 Å². The van der Waals surface area contributed by atoms with Crippen molar-refractivity contribution < 1.29 is 124 Å². The summed E-state index contributed by atoms with van der Waals surface area (Å²) in [7, 11) is 0. The summed E-state index contributed by atoms with van der Waals surface area (Å²) in [6.07, 6.45) is -14.9. The second-order valence-corrected chi connectivity index (χ2v) is 8.64. The van der Waals surface area contributed by atoms with Crippen LogP contribution in [-0.4, -0.2) is 95.1 Å². The van der Waals surface area contributed by atoms with Gasteiger partial charge in [-0.25, -0.2) is 4.79 Å². The van der Waals surface area contributed by atoms with Gasteiger partial charge >= 0.3 is 77.3 Å². The molecule has 46 heavy (non-hydrogen) atoms. The Bertz CT molecular complexity index is 1120. The van der Waals surface area contributed by atoms with Crippen LogP contribution in [0.2, 0.25) is 0 Å². The van der Waals surface area contributed by atoms with Gasteiger partial charge in [0.1, 0.15) is 6.61 Å². The third kappa shape index (κ3) is 5.76. The molecule has 0 rings (SSSR count). The molecular weight excluding hydrogens is 739 g/mol. The summed E-state index contributed by atoms with van der Waals surface area (Å²) in [5.41, 5.74) is 0. The van der Waals surface area contributed by atoms with E-state index in [-0.39, 0.29) is 6.08 Å². The number of carbonyl (C=O) groups excluding carboxylic acids is 1. The summed E-state index contributed by atoms with van der Waals surface area (Å²) in [6, 6.07) is 0. The maximum Gasteiger partial charge on any atom is 0.460 e. The molecule has 0 saturated heterocycles. The summed E-state index contributed by atoms with van der Waals surface area (Å²) in [5.74, 6) is -101. The van der Waals surface area contributed by atoms with Gasteiger partial charge in [-0.3, -0.25) is 0 Å². The average Bonchev–Trinajstić information content (AvgIpc) is 2.84. The highest BCUT2D eigenvalue weighted by Gasteiger charge is 2.99. The maximum absolute atomic E-state index is 13.8. The van der Waals surface area contributed by atoms with Crippen molar-refractivity contribution in [1.29, 1.82) is 0 Å². The minimum Gasteiger partial charge on any atom is -0.460 e. The van der Waals surface area contributed by atoms with Crippen molar-refractivity contribution in [1.82, 2.24) is 0 Å². The largest absolute Gasteiger partial charge is 0.460 e. The fraction of sp³-hybridized carbons (Fsp3) is 0.833. The second kappa shape index (κ2) is 11.5. The monoisotopic (exact) mass is 748 g/mol. The molecule has 0 spiro atoms. The van der Waals surface area contributed by atoms with Crippen LogP contribution in [0.1, 0.15) is 6.42 Å². The van der Waals surface area contributed by atoms with E-state index in [4.69, 9.17) is 5.11 Å². The normalized spacial score (nSPS) is 16.7. The number of carbonyl (C=O) groups is 1. The number of aliphatic hydroxyl groups is 1. The molecule has 28 heteroatoms. The molecule has 0 saturated carbocycles. The third-order valence-electron chi connectivity index (χ3n) is 5.44. The SMILES string of the molecule is C=CC(=O)OCC(O)CC(F)(F)C(F)(F)C(F)(F)C(F)(F)C(F)(F)C(F)(F)C(F)(F)C(F)(F)C(F)(F)C(F)(F)C(F)(F)C(F)(F)F. The number of esters is 1. The Hall–Kier alpha value is -2.58. The van der Waals surface area contributed by atoms with Gasteiger partial charge in [-0.05, 0) is 0 Å². The van der Waals surface area contributed by atoms with Crippen molar-refractivity contribution in [2.45, 2.75) is 83.8 Å². The molecule has 0 fully saturated rings. The quantitative estimate of drug-likeness (QED) is 0.105. The lowest BCUT2D eigenvalue weighted by molar-refractivity contribution is -0.482. The summed E-state index contributed by atoms with van der Waals surface area (Å²) < 4.78 is 338. The number of hydrogen-bond donors (Lipinski definition) is 1. The number of ether oxygens (including phenoxy) is 1. The van der Waals surface area contributed by atoms with Crippen LogP contribution < -0.4 is 0 Å². The molecule has 274 valence electrons. The van der Waals surface area contributed by atoms with E-state index < -0.39 is 96.4 Å². The zero-order valence-electron chi connectivity index (χ0n) is 20.5. The highest BCUT2D eigenvalue weighted by molar-refractivity contribution is 5.81. The molecule has 0 aromatic carbocycles. The van der Waals surface area contributed by atoms with Crippen molar-refractivity contribution in [2.24, 2.45) is 0 Å². The topological polar surface area (TPSA) is 46.5 Å². The van der Waals surface area contributed by atoms with Gasteiger partial charge in [0.15, 0.2) is 0 Å². The molecule has 0 aromatic heterocycles. The molecule has 0 aliphatic heterocycles. The summed E-state index contributed by atoms with van der Waals surface area (Å²) in [5, 5.41) is 9.03. The molecule has 1 unspecified atom stereocenters. The minimum atomic E-state index is -9.67. The van der Waals surface area contributed by atoms with Gasteiger partial charge in [0.2, 0.25) is 0 Å². The summed E-state index contributed by atoms with van der Waals surface area (Å²) in [4.78, 5) is 10.7. The number of aliphatic hydroxyl groups excluding tert-OH is 1. The molecule has 3 nitrogen and oxygen atoms in total. The van der Waals surface area contributed by atoms with Gasteiger partial charge in [-0.2, -0.15) is 110 Å². The first-order valence-corrected chi connectivity index (χ1v) is 10.3. The molecule has 1 atom stereocenters. The molecule has 0 aromatic rings. The van der Waals surface area contributed by atoms with E-state index in [0.29, 0.717) is 0 Å². The van der Waals surface area contributed by atoms with Gasteiger partial charge in [-0.1, -0.05) is 6.58 Å². The lowest BCUT2D eigenvalue weighted by atomic mass is 9.84. The zero-order valence-corrected chi connectivity index (χ0v) is 20.5. The molecule has 0 aliphatic carbocycles. The van der Waals surface area contributed by atoms with Crippen LogP contribution in [0.5, 0.6) is 0 Å². The van der Waals surface area contributed by atoms with E-state index in [1.54, 1.807) is 0 Å². The van der Waals surface area contributed by atoms with Crippen molar-refractivity contribution in [3.8, 4) is 0 Å². The van der Waals surface area contributed by atoms with Crippen molar-refractivity contribution in [2.75, 3.05) is 6.61 Å². The van der Waals surface area contributed by atoms with Crippen molar-refractivity contribution >= 4 is 5.97 Å². The second-order valence-electron chi connectivity index (χ2n) is 8.64. The van der Waals surface area contributed by atoms with Gasteiger partial charge < -0.3 is 9.84 Å². The Labute approximate surface area is 234 Å². The lowest BCUT2D eigenvalue weighted by Crippen LogP contribution is -2.78. The highest BCUT2D eigenvalue weighted by Crippen LogP contribution is 2.67. The number of halogens is 25. The average molecular weight is 748 g/mol. The lowest BCUT2D eigenvalue weighted by Gasteiger charge is -2.45.